The fraction of sp³-hybridized carbons (Fsp3) is 0.800. The van der Waals surface area contributed by atoms with E-state index in [1.165, 1.54) is 43.6 Å². The van der Waals surface area contributed by atoms with Crippen molar-refractivity contribution in [3.8, 4) is 0 Å². The van der Waals surface area contributed by atoms with E-state index >= 15 is 0 Å². The average molecular weight is 264 g/mol. The molecule has 108 valence electrons. The number of nitrogens with zero attached hydrogens (tertiary/aromatic N) is 2. The number of aromatic nitrogens is 2. The topological polar surface area (TPSA) is 57.9 Å². The van der Waals surface area contributed by atoms with Crippen LogP contribution in [0.15, 0.2) is 6.07 Å². The van der Waals surface area contributed by atoms with Gasteiger partial charge in [-0.25, -0.2) is 0 Å². The highest BCUT2D eigenvalue weighted by Crippen LogP contribution is 2.24. The summed E-state index contributed by atoms with van der Waals surface area (Å²) in [6, 6.07) is 2.65. The maximum Gasteiger partial charge on any atom is 0.0625 e. The van der Waals surface area contributed by atoms with Crippen LogP contribution in [0.3, 0.4) is 0 Å². The van der Waals surface area contributed by atoms with Gasteiger partial charge in [0.25, 0.3) is 0 Å². The SMILES string of the molecule is CCCc1cc(CN(C)CC2CCC(N)CC2)[nH]n1. The predicted octanol–water partition coefficient (Wildman–Crippen LogP) is 2.31. The molecule has 0 radical (unpaired) electrons. The summed E-state index contributed by atoms with van der Waals surface area (Å²) in [6.07, 6.45) is 7.20. The fourth-order valence-electron chi connectivity index (χ4n) is 3.04. The Morgan fingerprint density at radius 2 is 2.11 bits per heavy atom. The second kappa shape index (κ2) is 7.06. The molecule has 1 fully saturated rings. The van der Waals surface area contributed by atoms with Gasteiger partial charge in [-0.3, -0.25) is 5.10 Å². The van der Waals surface area contributed by atoms with Crippen molar-refractivity contribution in [1.29, 1.82) is 0 Å². The summed E-state index contributed by atoms with van der Waals surface area (Å²) in [6.45, 7) is 4.34. The molecule has 0 aliphatic heterocycles. The molecule has 0 atom stereocenters. The molecule has 0 amide bonds. The third kappa shape index (κ3) is 4.62. The molecule has 0 spiro atoms. The lowest BCUT2D eigenvalue weighted by Crippen LogP contribution is -2.32. The maximum absolute atomic E-state index is 5.96. The van der Waals surface area contributed by atoms with Gasteiger partial charge in [0, 0.05) is 24.8 Å². The molecular weight excluding hydrogens is 236 g/mol. The van der Waals surface area contributed by atoms with Crippen LogP contribution >= 0.6 is 0 Å². The van der Waals surface area contributed by atoms with Crippen LogP contribution < -0.4 is 5.73 Å². The predicted molar refractivity (Wildman–Crippen MR) is 78.9 cm³/mol. The van der Waals surface area contributed by atoms with Crippen molar-refractivity contribution in [1.82, 2.24) is 15.1 Å². The Balaban J connectivity index is 1.75. The van der Waals surface area contributed by atoms with Crippen LogP contribution in [0.1, 0.15) is 50.4 Å². The first-order valence-corrected chi connectivity index (χ1v) is 7.64. The van der Waals surface area contributed by atoms with Gasteiger partial charge in [-0.1, -0.05) is 13.3 Å². The van der Waals surface area contributed by atoms with Crippen LogP contribution in [-0.2, 0) is 13.0 Å². The van der Waals surface area contributed by atoms with Gasteiger partial charge < -0.3 is 10.6 Å². The lowest BCUT2D eigenvalue weighted by molar-refractivity contribution is 0.217. The van der Waals surface area contributed by atoms with E-state index in [0.29, 0.717) is 6.04 Å². The molecule has 0 aromatic carbocycles. The maximum atomic E-state index is 5.96. The van der Waals surface area contributed by atoms with Gasteiger partial charge in [0.2, 0.25) is 0 Å². The van der Waals surface area contributed by atoms with Crippen molar-refractivity contribution in [2.45, 2.75) is 58.0 Å². The second-order valence-electron chi connectivity index (χ2n) is 6.11. The van der Waals surface area contributed by atoms with Crippen LogP contribution in [0.4, 0.5) is 0 Å². The highest BCUT2D eigenvalue weighted by molar-refractivity contribution is 5.08. The minimum Gasteiger partial charge on any atom is -0.328 e. The fourth-order valence-corrected chi connectivity index (χ4v) is 3.04. The van der Waals surface area contributed by atoms with Gasteiger partial charge in [-0.15, -0.1) is 0 Å². The highest BCUT2D eigenvalue weighted by atomic mass is 15.2. The molecule has 0 saturated heterocycles. The van der Waals surface area contributed by atoms with Gasteiger partial charge in [0.05, 0.1) is 5.69 Å². The van der Waals surface area contributed by atoms with Crippen LogP contribution in [-0.4, -0.2) is 34.7 Å². The molecular formula is C15H28N4. The molecule has 19 heavy (non-hydrogen) atoms. The van der Waals surface area contributed by atoms with Gasteiger partial charge in [0.15, 0.2) is 0 Å². The van der Waals surface area contributed by atoms with Gasteiger partial charge >= 0.3 is 0 Å². The minimum atomic E-state index is 0.450. The number of H-pyrrole nitrogens is 1. The zero-order chi connectivity index (χ0) is 13.7. The summed E-state index contributed by atoms with van der Waals surface area (Å²) in [5.74, 6) is 0.822. The molecule has 1 aromatic heterocycles. The molecule has 0 unspecified atom stereocenters. The van der Waals surface area contributed by atoms with Crippen LogP contribution in [0.5, 0.6) is 0 Å². The van der Waals surface area contributed by atoms with Crippen LogP contribution in [0.25, 0.3) is 0 Å². The average Bonchev–Trinajstić information content (AvgIpc) is 2.80. The minimum absolute atomic E-state index is 0.450. The first-order valence-electron chi connectivity index (χ1n) is 7.64. The lowest BCUT2D eigenvalue weighted by Gasteiger charge is -2.29. The Kier molecular flexibility index (Phi) is 5.40. The first kappa shape index (κ1) is 14.5. The normalized spacial score (nSPS) is 24.0. The summed E-state index contributed by atoms with van der Waals surface area (Å²) in [5, 5.41) is 7.50. The largest absolute Gasteiger partial charge is 0.328 e. The van der Waals surface area contributed by atoms with Crippen LogP contribution in [0, 0.1) is 5.92 Å². The van der Waals surface area contributed by atoms with Crippen LogP contribution in [0.2, 0.25) is 0 Å². The van der Waals surface area contributed by atoms with E-state index in [2.05, 4.69) is 35.1 Å². The molecule has 1 aliphatic carbocycles. The Hall–Kier alpha value is -0.870. The van der Waals surface area contributed by atoms with E-state index in [0.717, 1.165) is 25.3 Å². The summed E-state index contributed by atoms with van der Waals surface area (Å²) in [5.41, 5.74) is 8.38. The van der Waals surface area contributed by atoms with E-state index in [1.54, 1.807) is 0 Å². The standard InChI is InChI=1S/C15H28N4/c1-3-4-14-9-15(18-17-14)11-19(2)10-12-5-7-13(16)8-6-12/h9,12-13H,3-8,10-11,16H2,1-2H3,(H,17,18). The van der Waals surface area contributed by atoms with E-state index in [1.807, 2.05) is 0 Å². The third-order valence-corrected chi connectivity index (χ3v) is 4.09. The number of hydrogen-bond acceptors (Lipinski definition) is 3. The van der Waals surface area contributed by atoms with Gasteiger partial charge in [0.1, 0.15) is 0 Å². The monoisotopic (exact) mass is 264 g/mol. The molecule has 1 aromatic rings. The van der Waals surface area contributed by atoms with Gasteiger partial charge in [-0.05, 0) is 51.1 Å². The van der Waals surface area contributed by atoms with E-state index in [-0.39, 0.29) is 0 Å². The lowest BCUT2D eigenvalue weighted by atomic mass is 9.86. The molecule has 1 saturated carbocycles. The van der Waals surface area contributed by atoms with Gasteiger partial charge in [-0.2, -0.15) is 5.10 Å². The summed E-state index contributed by atoms with van der Waals surface area (Å²) in [7, 11) is 2.20. The zero-order valence-corrected chi connectivity index (χ0v) is 12.4. The van der Waals surface area contributed by atoms with Crippen molar-refractivity contribution in [2.24, 2.45) is 11.7 Å². The Morgan fingerprint density at radius 1 is 1.37 bits per heavy atom. The zero-order valence-electron chi connectivity index (χ0n) is 12.4. The number of nitrogens with two attached hydrogens (primary N) is 1. The summed E-state index contributed by atoms with van der Waals surface area (Å²) >= 11 is 0. The van der Waals surface area contributed by atoms with Crippen molar-refractivity contribution >= 4 is 0 Å². The first-order chi connectivity index (χ1) is 9.17. The van der Waals surface area contributed by atoms with E-state index in [4.69, 9.17) is 5.73 Å². The molecule has 4 nitrogen and oxygen atoms in total. The molecule has 4 heteroatoms. The summed E-state index contributed by atoms with van der Waals surface area (Å²) in [4.78, 5) is 2.41. The van der Waals surface area contributed by atoms with Crippen molar-refractivity contribution < 1.29 is 0 Å². The molecule has 1 aliphatic rings. The smallest absolute Gasteiger partial charge is 0.0625 e. The molecule has 0 bridgehead atoms. The Bertz CT molecular complexity index is 366. The third-order valence-electron chi connectivity index (χ3n) is 4.09. The molecule has 1 heterocycles. The van der Waals surface area contributed by atoms with Crippen molar-refractivity contribution in [3.05, 3.63) is 17.5 Å². The number of aromatic amines is 1. The number of aryl methyl sites for hydroxylation is 1. The van der Waals surface area contributed by atoms with E-state index < -0.39 is 0 Å². The second-order valence-corrected chi connectivity index (χ2v) is 6.11. The number of rotatable bonds is 6. The van der Waals surface area contributed by atoms with E-state index in [9.17, 15) is 0 Å². The Labute approximate surface area is 116 Å². The Morgan fingerprint density at radius 3 is 2.79 bits per heavy atom. The number of hydrogen-bond donors (Lipinski definition) is 2. The highest BCUT2D eigenvalue weighted by Gasteiger charge is 2.19. The number of nitrogens with one attached hydrogen (secondary N) is 1. The van der Waals surface area contributed by atoms with Crippen molar-refractivity contribution in [3.63, 3.8) is 0 Å². The van der Waals surface area contributed by atoms with Crippen molar-refractivity contribution in [2.75, 3.05) is 13.6 Å². The summed E-state index contributed by atoms with van der Waals surface area (Å²) < 4.78 is 0. The molecule has 2 rings (SSSR count). The quantitative estimate of drug-likeness (QED) is 0.829. The molecule has 3 N–H and O–H groups in total.